The average Bonchev–Trinajstić information content (AvgIpc) is 2.25. The Kier molecular flexibility index (Phi) is 8.65. The number of nitrogens with two attached hydrogens (primary N) is 1. The Hall–Kier alpha value is -1.01. The molecular formula is C10H18N2O3S. The highest BCUT2D eigenvalue weighted by Crippen LogP contribution is 2.05. The van der Waals surface area contributed by atoms with E-state index in [1.807, 2.05) is 0 Å². The number of thioether (sulfide) groups is 1. The summed E-state index contributed by atoms with van der Waals surface area (Å²) in [5, 5.41) is 11.2. The lowest BCUT2D eigenvalue weighted by atomic mass is 10.3. The van der Waals surface area contributed by atoms with Gasteiger partial charge in [-0.1, -0.05) is 6.08 Å². The second-order valence-electron chi connectivity index (χ2n) is 3.22. The third-order valence-corrected chi connectivity index (χ3v) is 2.92. The Morgan fingerprint density at radius 2 is 2.25 bits per heavy atom. The van der Waals surface area contributed by atoms with Crippen molar-refractivity contribution in [1.29, 1.82) is 0 Å². The molecular weight excluding hydrogens is 228 g/mol. The van der Waals surface area contributed by atoms with Crippen molar-refractivity contribution in [3.63, 3.8) is 0 Å². The van der Waals surface area contributed by atoms with Gasteiger partial charge in [-0.25, -0.2) is 0 Å². The predicted molar refractivity (Wildman–Crippen MR) is 65.4 cm³/mol. The summed E-state index contributed by atoms with van der Waals surface area (Å²) in [5.41, 5.74) is 5.31. The van der Waals surface area contributed by atoms with Gasteiger partial charge in [0.15, 0.2) is 0 Å². The molecule has 0 bridgehead atoms. The number of amides is 1. The first-order valence-corrected chi connectivity index (χ1v) is 6.17. The van der Waals surface area contributed by atoms with Crippen molar-refractivity contribution in [2.45, 2.75) is 18.9 Å². The predicted octanol–water partition coefficient (Wildman–Crippen LogP) is 0.214. The summed E-state index contributed by atoms with van der Waals surface area (Å²) >= 11 is 1.45. The van der Waals surface area contributed by atoms with Gasteiger partial charge in [-0.3, -0.25) is 9.59 Å². The Bertz CT molecular complexity index is 246. The largest absolute Gasteiger partial charge is 0.480 e. The summed E-state index contributed by atoms with van der Waals surface area (Å²) in [5.74, 6) is 0.116. The van der Waals surface area contributed by atoms with Crippen LogP contribution in [-0.4, -0.2) is 41.1 Å². The molecule has 0 heterocycles. The van der Waals surface area contributed by atoms with E-state index in [0.717, 1.165) is 12.2 Å². The summed E-state index contributed by atoms with van der Waals surface area (Å²) in [6, 6.07) is -0.820. The first-order chi connectivity index (χ1) is 7.57. The molecule has 0 aromatic rings. The van der Waals surface area contributed by atoms with Crippen LogP contribution in [0.1, 0.15) is 12.8 Å². The molecule has 4 N–H and O–H groups in total. The van der Waals surface area contributed by atoms with Gasteiger partial charge < -0.3 is 16.2 Å². The molecule has 1 amide bonds. The van der Waals surface area contributed by atoms with E-state index in [1.165, 1.54) is 11.8 Å². The van der Waals surface area contributed by atoms with Crippen molar-refractivity contribution in [3.05, 3.63) is 12.7 Å². The van der Waals surface area contributed by atoms with Crippen molar-refractivity contribution in [2.24, 2.45) is 5.73 Å². The Labute approximate surface area is 99.5 Å². The fourth-order valence-electron chi connectivity index (χ4n) is 0.891. The molecule has 0 saturated carbocycles. The highest BCUT2D eigenvalue weighted by molar-refractivity contribution is 7.99. The minimum absolute atomic E-state index is 0.0111. The van der Waals surface area contributed by atoms with E-state index < -0.39 is 12.0 Å². The smallest absolute Gasteiger partial charge is 0.321 e. The third-order valence-electron chi connectivity index (χ3n) is 1.75. The number of carboxylic acids is 1. The van der Waals surface area contributed by atoms with Crippen LogP contribution in [0.4, 0.5) is 0 Å². The molecule has 0 spiro atoms. The summed E-state index contributed by atoms with van der Waals surface area (Å²) in [7, 11) is 0. The maximum atomic E-state index is 11.1. The number of carboxylic acid groups (broad SMARTS) is 1. The number of carbonyl (C=O) groups excluding carboxylic acids is 1. The van der Waals surface area contributed by atoms with Crippen LogP contribution < -0.4 is 11.1 Å². The van der Waals surface area contributed by atoms with Crippen molar-refractivity contribution in [3.8, 4) is 0 Å². The van der Waals surface area contributed by atoms with E-state index in [9.17, 15) is 9.59 Å². The lowest BCUT2D eigenvalue weighted by Crippen LogP contribution is -2.32. The molecule has 0 aliphatic carbocycles. The first kappa shape index (κ1) is 15.0. The molecule has 0 rings (SSSR count). The average molecular weight is 246 g/mol. The molecule has 0 aromatic heterocycles. The molecule has 0 fully saturated rings. The molecule has 0 radical (unpaired) electrons. The van der Waals surface area contributed by atoms with Gasteiger partial charge in [0.05, 0.1) is 0 Å². The van der Waals surface area contributed by atoms with Crippen LogP contribution in [0.15, 0.2) is 12.7 Å². The van der Waals surface area contributed by atoms with Crippen molar-refractivity contribution in [2.75, 3.05) is 18.1 Å². The molecule has 16 heavy (non-hydrogen) atoms. The Morgan fingerprint density at radius 3 is 2.81 bits per heavy atom. The maximum Gasteiger partial charge on any atom is 0.321 e. The van der Waals surface area contributed by atoms with E-state index >= 15 is 0 Å². The van der Waals surface area contributed by atoms with Gasteiger partial charge in [0.25, 0.3) is 0 Å². The molecule has 0 aromatic carbocycles. The van der Waals surface area contributed by atoms with Crippen LogP contribution in [0.25, 0.3) is 0 Å². The minimum Gasteiger partial charge on any atom is -0.480 e. The van der Waals surface area contributed by atoms with Crippen LogP contribution >= 0.6 is 11.8 Å². The SMILES string of the molecule is C=CCNC(=O)CCCSCC(N)C(=O)O. The molecule has 92 valence electrons. The topological polar surface area (TPSA) is 92.4 Å². The highest BCUT2D eigenvalue weighted by atomic mass is 32.2. The first-order valence-electron chi connectivity index (χ1n) is 5.01. The van der Waals surface area contributed by atoms with E-state index in [2.05, 4.69) is 11.9 Å². The number of nitrogens with one attached hydrogen (secondary N) is 1. The highest BCUT2D eigenvalue weighted by Gasteiger charge is 2.10. The van der Waals surface area contributed by atoms with E-state index in [-0.39, 0.29) is 5.91 Å². The zero-order chi connectivity index (χ0) is 12.4. The van der Waals surface area contributed by atoms with E-state index in [1.54, 1.807) is 6.08 Å². The maximum absolute atomic E-state index is 11.1. The Balaban J connectivity index is 3.36. The number of hydrogen-bond acceptors (Lipinski definition) is 4. The number of rotatable bonds is 9. The van der Waals surface area contributed by atoms with Gasteiger partial charge in [0.1, 0.15) is 6.04 Å². The monoisotopic (exact) mass is 246 g/mol. The van der Waals surface area contributed by atoms with Crippen molar-refractivity contribution in [1.82, 2.24) is 5.32 Å². The van der Waals surface area contributed by atoms with Crippen LogP contribution in [0.2, 0.25) is 0 Å². The normalized spacial score (nSPS) is 11.8. The van der Waals surface area contributed by atoms with Crippen LogP contribution in [0.5, 0.6) is 0 Å². The van der Waals surface area contributed by atoms with Gasteiger partial charge in [-0.15, -0.1) is 6.58 Å². The minimum atomic E-state index is -0.990. The van der Waals surface area contributed by atoms with E-state index in [4.69, 9.17) is 10.8 Å². The van der Waals surface area contributed by atoms with Gasteiger partial charge in [0, 0.05) is 18.7 Å². The van der Waals surface area contributed by atoms with Gasteiger partial charge in [-0.05, 0) is 12.2 Å². The molecule has 5 nitrogen and oxygen atoms in total. The standard InChI is InChI=1S/C10H18N2O3S/c1-2-5-12-9(13)4-3-6-16-7-8(11)10(14)15/h2,8H,1,3-7,11H2,(H,12,13)(H,14,15). The summed E-state index contributed by atoms with van der Waals surface area (Å²) in [4.78, 5) is 21.5. The molecule has 0 aliphatic heterocycles. The number of hydrogen-bond donors (Lipinski definition) is 3. The van der Waals surface area contributed by atoms with E-state index in [0.29, 0.717) is 18.7 Å². The lowest BCUT2D eigenvalue weighted by Gasteiger charge is -2.05. The second kappa shape index (κ2) is 9.23. The second-order valence-corrected chi connectivity index (χ2v) is 4.37. The molecule has 0 saturated heterocycles. The lowest BCUT2D eigenvalue weighted by molar-refractivity contribution is -0.137. The summed E-state index contributed by atoms with van der Waals surface area (Å²) in [6.45, 7) is 3.97. The van der Waals surface area contributed by atoms with Crippen molar-refractivity contribution >= 4 is 23.6 Å². The number of carbonyl (C=O) groups is 2. The zero-order valence-electron chi connectivity index (χ0n) is 9.15. The van der Waals surface area contributed by atoms with Crippen LogP contribution in [0, 0.1) is 0 Å². The summed E-state index contributed by atoms with van der Waals surface area (Å²) in [6.07, 6.45) is 2.79. The number of aliphatic carboxylic acids is 1. The Morgan fingerprint density at radius 1 is 1.56 bits per heavy atom. The third kappa shape index (κ3) is 8.31. The van der Waals surface area contributed by atoms with Gasteiger partial charge >= 0.3 is 5.97 Å². The van der Waals surface area contributed by atoms with Gasteiger partial charge in [0.2, 0.25) is 5.91 Å². The molecule has 1 unspecified atom stereocenters. The zero-order valence-corrected chi connectivity index (χ0v) is 9.96. The van der Waals surface area contributed by atoms with Crippen LogP contribution in [-0.2, 0) is 9.59 Å². The molecule has 1 atom stereocenters. The van der Waals surface area contributed by atoms with Crippen LogP contribution in [0.3, 0.4) is 0 Å². The quantitative estimate of drug-likeness (QED) is 0.399. The fourth-order valence-corrected chi connectivity index (χ4v) is 1.80. The summed E-state index contributed by atoms with van der Waals surface area (Å²) < 4.78 is 0. The van der Waals surface area contributed by atoms with Crippen molar-refractivity contribution < 1.29 is 14.7 Å². The molecule has 0 aliphatic rings. The molecule has 6 heteroatoms. The fraction of sp³-hybridized carbons (Fsp3) is 0.600. The van der Waals surface area contributed by atoms with Gasteiger partial charge in [-0.2, -0.15) is 11.8 Å².